The fraction of sp³-hybridized carbons (Fsp3) is 0.545. The molecule has 0 aliphatic carbocycles. The molecule has 1 saturated heterocycles. The second-order valence-corrected chi connectivity index (χ2v) is 8.61. The summed E-state index contributed by atoms with van der Waals surface area (Å²) in [5.74, 6) is -0.0132. The van der Waals surface area contributed by atoms with Crippen molar-refractivity contribution in [2.75, 3.05) is 19.6 Å². The van der Waals surface area contributed by atoms with E-state index < -0.39 is 0 Å². The van der Waals surface area contributed by atoms with Crippen LogP contribution in [0.15, 0.2) is 36.5 Å². The van der Waals surface area contributed by atoms with Crippen LogP contribution < -0.4 is 0 Å². The van der Waals surface area contributed by atoms with Gasteiger partial charge < -0.3 is 9.80 Å². The Morgan fingerprint density at radius 2 is 1.79 bits per heavy atom. The molecule has 1 fully saturated rings. The van der Waals surface area contributed by atoms with E-state index in [1.54, 1.807) is 10.9 Å². The predicted molar refractivity (Wildman–Crippen MR) is 112 cm³/mol. The SMILES string of the molecule is CCCN(C(=O)c1cn(C(C)(C)C)nn1)C1CCN(C(=O)c2ccccc2)CC1. The fourth-order valence-electron chi connectivity index (χ4n) is 3.67. The molecule has 2 aromatic rings. The molecule has 0 atom stereocenters. The second-order valence-electron chi connectivity index (χ2n) is 8.61. The Morgan fingerprint density at radius 3 is 2.34 bits per heavy atom. The van der Waals surface area contributed by atoms with Crippen LogP contribution in [0.4, 0.5) is 0 Å². The van der Waals surface area contributed by atoms with Crippen LogP contribution in [0.2, 0.25) is 0 Å². The molecule has 29 heavy (non-hydrogen) atoms. The number of nitrogens with zero attached hydrogens (tertiary/aromatic N) is 5. The lowest BCUT2D eigenvalue weighted by molar-refractivity contribution is 0.0515. The molecule has 3 rings (SSSR count). The Balaban J connectivity index is 1.67. The van der Waals surface area contributed by atoms with Crippen molar-refractivity contribution in [2.24, 2.45) is 0 Å². The minimum absolute atomic E-state index is 0.0607. The molecule has 156 valence electrons. The Morgan fingerprint density at radius 1 is 1.14 bits per heavy atom. The monoisotopic (exact) mass is 397 g/mol. The van der Waals surface area contributed by atoms with Gasteiger partial charge in [0.2, 0.25) is 0 Å². The largest absolute Gasteiger partial charge is 0.338 e. The highest BCUT2D eigenvalue weighted by atomic mass is 16.2. The maximum Gasteiger partial charge on any atom is 0.276 e. The summed E-state index contributed by atoms with van der Waals surface area (Å²) in [6.07, 6.45) is 4.16. The van der Waals surface area contributed by atoms with E-state index in [1.807, 2.05) is 60.9 Å². The summed E-state index contributed by atoms with van der Waals surface area (Å²) in [6.45, 7) is 10.1. The smallest absolute Gasteiger partial charge is 0.276 e. The van der Waals surface area contributed by atoms with E-state index in [-0.39, 0.29) is 23.4 Å². The number of benzene rings is 1. The fourth-order valence-corrected chi connectivity index (χ4v) is 3.67. The Kier molecular flexibility index (Phi) is 6.35. The molecular weight excluding hydrogens is 366 g/mol. The average Bonchev–Trinajstić information content (AvgIpc) is 3.23. The van der Waals surface area contributed by atoms with Crippen LogP contribution >= 0.6 is 0 Å². The zero-order chi connectivity index (χ0) is 21.0. The third-order valence-electron chi connectivity index (χ3n) is 5.34. The van der Waals surface area contributed by atoms with Gasteiger partial charge in [-0.05, 0) is 52.2 Å². The van der Waals surface area contributed by atoms with E-state index in [1.165, 1.54) is 0 Å². The molecule has 1 aliphatic heterocycles. The van der Waals surface area contributed by atoms with E-state index in [9.17, 15) is 9.59 Å². The molecule has 2 heterocycles. The number of carbonyl (C=O) groups is 2. The molecule has 2 amide bonds. The number of hydrogen-bond acceptors (Lipinski definition) is 4. The Hall–Kier alpha value is -2.70. The minimum Gasteiger partial charge on any atom is -0.338 e. The molecule has 0 bridgehead atoms. The third-order valence-corrected chi connectivity index (χ3v) is 5.34. The predicted octanol–water partition coefficient (Wildman–Crippen LogP) is 3.19. The number of carbonyl (C=O) groups excluding carboxylic acids is 2. The van der Waals surface area contributed by atoms with Gasteiger partial charge in [-0.3, -0.25) is 9.59 Å². The van der Waals surface area contributed by atoms with Gasteiger partial charge in [0.15, 0.2) is 5.69 Å². The number of likely N-dealkylation sites (tertiary alicyclic amines) is 1. The standard InChI is InChI=1S/C22H31N5O2/c1-5-13-26(21(29)19-16-27(24-23-19)22(2,3)4)18-11-14-25(15-12-18)20(28)17-9-7-6-8-10-17/h6-10,16,18H,5,11-15H2,1-4H3. The van der Waals surface area contributed by atoms with Crippen molar-refractivity contribution in [3.8, 4) is 0 Å². The molecule has 0 unspecified atom stereocenters. The lowest BCUT2D eigenvalue weighted by Crippen LogP contribution is -2.49. The van der Waals surface area contributed by atoms with Gasteiger partial charge in [0.25, 0.3) is 11.8 Å². The third kappa shape index (κ3) is 4.83. The Bertz CT molecular complexity index is 832. The van der Waals surface area contributed by atoms with E-state index in [0.717, 1.165) is 19.3 Å². The maximum atomic E-state index is 13.1. The highest BCUT2D eigenvalue weighted by molar-refractivity contribution is 5.94. The first-order valence-corrected chi connectivity index (χ1v) is 10.4. The minimum atomic E-state index is -0.218. The average molecular weight is 398 g/mol. The van der Waals surface area contributed by atoms with Crippen LogP contribution in [-0.4, -0.2) is 62.3 Å². The number of amides is 2. The Labute approximate surface area is 172 Å². The molecule has 0 saturated carbocycles. The van der Waals surface area contributed by atoms with Gasteiger partial charge in [-0.25, -0.2) is 4.68 Å². The topological polar surface area (TPSA) is 71.3 Å². The summed E-state index contributed by atoms with van der Waals surface area (Å²) in [4.78, 5) is 29.6. The summed E-state index contributed by atoms with van der Waals surface area (Å²) in [7, 11) is 0. The van der Waals surface area contributed by atoms with Gasteiger partial charge in [-0.1, -0.05) is 30.3 Å². The summed E-state index contributed by atoms with van der Waals surface area (Å²) in [5.41, 5.74) is 0.881. The lowest BCUT2D eigenvalue weighted by Gasteiger charge is -2.38. The van der Waals surface area contributed by atoms with E-state index in [0.29, 0.717) is 30.9 Å². The molecule has 1 aromatic heterocycles. The van der Waals surface area contributed by atoms with Crippen LogP contribution in [0.5, 0.6) is 0 Å². The van der Waals surface area contributed by atoms with Crippen molar-refractivity contribution in [2.45, 2.75) is 58.5 Å². The summed E-state index contributed by atoms with van der Waals surface area (Å²) < 4.78 is 1.73. The molecule has 0 spiro atoms. The van der Waals surface area contributed by atoms with Crippen molar-refractivity contribution in [3.05, 3.63) is 47.8 Å². The number of rotatable bonds is 5. The zero-order valence-corrected chi connectivity index (χ0v) is 17.8. The van der Waals surface area contributed by atoms with Crippen LogP contribution in [0.25, 0.3) is 0 Å². The highest BCUT2D eigenvalue weighted by Crippen LogP contribution is 2.21. The van der Waals surface area contributed by atoms with Gasteiger partial charge in [0.1, 0.15) is 0 Å². The molecule has 7 nitrogen and oxygen atoms in total. The van der Waals surface area contributed by atoms with Gasteiger partial charge >= 0.3 is 0 Å². The second kappa shape index (κ2) is 8.76. The van der Waals surface area contributed by atoms with Crippen molar-refractivity contribution in [1.29, 1.82) is 0 Å². The van der Waals surface area contributed by atoms with Crippen LogP contribution in [0.3, 0.4) is 0 Å². The van der Waals surface area contributed by atoms with Gasteiger partial charge in [-0.15, -0.1) is 5.10 Å². The molecule has 0 N–H and O–H groups in total. The van der Waals surface area contributed by atoms with E-state index in [2.05, 4.69) is 17.2 Å². The molecule has 1 aliphatic rings. The molecular formula is C22H31N5O2. The lowest BCUT2D eigenvalue weighted by atomic mass is 10.0. The first-order chi connectivity index (χ1) is 13.8. The number of piperidine rings is 1. The molecule has 1 aromatic carbocycles. The van der Waals surface area contributed by atoms with Gasteiger partial charge in [0, 0.05) is 31.2 Å². The summed E-state index contributed by atoms with van der Waals surface area (Å²) in [5, 5.41) is 8.25. The van der Waals surface area contributed by atoms with Gasteiger partial charge in [0.05, 0.1) is 11.7 Å². The summed E-state index contributed by atoms with van der Waals surface area (Å²) in [6, 6.07) is 9.48. The number of aromatic nitrogens is 3. The first-order valence-electron chi connectivity index (χ1n) is 10.4. The number of hydrogen-bond donors (Lipinski definition) is 0. The van der Waals surface area contributed by atoms with Crippen LogP contribution in [0, 0.1) is 0 Å². The first kappa shape index (κ1) is 21.0. The molecule has 0 radical (unpaired) electrons. The maximum absolute atomic E-state index is 13.1. The molecule has 7 heteroatoms. The quantitative estimate of drug-likeness (QED) is 0.777. The van der Waals surface area contributed by atoms with Crippen LogP contribution in [0.1, 0.15) is 67.8 Å². The van der Waals surface area contributed by atoms with Crippen LogP contribution in [-0.2, 0) is 5.54 Å². The summed E-state index contributed by atoms with van der Waals surface area (Å²) >= 11 is 0. The normalized spacial score (nSPS) is 15.4. The van der Waals surface area contributed by atoms with E-state index in [4.69, 9.17) is 0 Å². The van der Waals surface area contributed by atoms with Gasteiger partial charge in [-0.2, -0.15) is 0 Å². The van der Waals surface area contributed by atoms with Crippen molar-refractivity contribution in [3.63, 3.8) is 0 Å². The van der Waals surface area contributed by atoms with Crippen molar-refractivity contribution < 1.29 is 9.59 Å². The van der Waals surface area contributed by atoms with Crippen molar-refractivity contribution >= 4 is 11.8 Å². The highest BCUT2D eigenvalue weighted by Gasteiger charge is 2.31. The zero-order valence-electron chi connectivity index (χ0n) is 17.8. The van der Waals surface area contributed by atoms with Crippen molar-refractivity contribution in [1.82, 2.24) is 24.8 Å². The van der Waals surface area contributed by atoms with E-state index >= 15 is 0 Å².